The third-order valence-corrected chi connectivity index (χ3v) is 3.69. The fraction of sp³-hybridized carbons (Fsp3) is 0.500. The number of allylic oxidation sites excluding steroid dienone is 1. The van der Waals surface area contributed by atoms with E-state index in [1.807, 2.05) is 0 Å². The summed E-state index contributed by atoms with van der Waals surface area (Å²) in [5.74, 6) is -1.13. The summed E-state index contributed by atoms with van der Waals surface area (Å²) in [6, 6.07) is 3.14. The molecule has 0 unspecified atom stereocenters. The maximum atomic E-state index is 13.8. The zero-order chi connectivity index (χ0) is 13.7. The molecule has 0 aliphatic heterocycles. The Morgan fingerprint density at radius 3 is 2.63 bits per heavy atom. The average molecular weight is 266 g/mol. The Balaban J connectivity index is 2.00. The van der Waals surface area contributed by atoms with Crippen LogP contribution in [0.1, 0.15) is 37.7 Å². The fourth-order valence-corrected chi connectivity index (χ4v) is 2.52. The van der Waals surface area contributed by atoms with Crippen LogP contribution >= 0.6 is 0 Å². The van der Waals surface area contributed by atoms with E-state index in [-0.39, 0.29) is 5.75 Å². The van der Waals surface area contributed by atoms with Crippen molar-refractivity contribution < 1.29 is 13.5 Å². The van der Waals surface area contributed by atoms with Gasteiger partial charge in [-0.1, -0.05) is 25.0 Å². The molecule has 1 aromatic rings. The third-order valence-electron chi connectivity index (χ3n) is 3.69. The van der Waals surface area contributed by atoms with Crippen molar-refractivity contribution in [3.05, 3.63) is 42.0 Å². The Hall–Kier alpha value is -1.38. The van der Waals surface area contributed by atoms with Gasteiger partial charge in [-0.25, -0.2) is 4.39 Å². The standard InChI is InChI=1S/C16H20F2O/c1-2-3-8-13-9-10-14(16(18)15(13)17)19-11-12-6-4-5-7-12/h2,9-10,12H,1,3-8,11H2. The summed E-state index contributed by atoms with van der Waals surface area (Å²) in [5, 5.41) is 0. The lowest BCUT2D eigenvalue weighted by molar-refractivity contribution is 0.238. The van der Waals surface area contributed by atoms with Crippen molar-refractivity contribution in [1.29, 1.82) is 0 Å². The van der Waals surface area contributed by atoms with E-state index < -0.39 is 11.6 Å². The van der Waals surface area contributed by atoms with E-state index in [4.69, 9.17) is 4.74 Å². The molecule has 1 saturated carbocycles. The minimum atomic E-state index is -0.862. The molecule has 104 valence electrons. The van der Waals surface area contributed by atoms with Crippen molar-refractivity contribution >= 4 is 0 Å². The number of benzene rings is 1. The average Bonchev–Trinajstić information content (AvgIpc) is 2.92. The van der Waals surface area contributed by atoms with E-state index in [9.17, 15) is 8.78 Å². The van der Waals surface area contributed by atoms with Crippen molar-refractivity contribution in [2.75, 3.05) is 6.61 Å². The van der Waals surface area contributed by atoms with Gasteiger partial charge in [-0.05, 0) is 43.2 Å². The molecule has 2 rings (SSSR count). The second-order valence-electron chi connectivity index (χ2n) is 5.14. The van der Waals surface area contributed by atoms with Gasteiger partial charge in [0.15, 0.2) is 11.6 Å². The van der Waals surface area contributed by atoms with E-state index in [1.54, 1.807) is 12.1 Å². The number of rotatable bonds is 6. The van der Waals surface area contributed by atoms with Crippen LogP contribution < -0.4 is 4.74 Å². The first-order chi connectivity index (χ1) is 9.22. The van der Waals surface area contributed by atoms with Gasteiger partial charge in [0.2, 0.25) is 5.82 Å². The molecule has 0 bridgehead atoms. The maximum Gasteiger partial charge on any atom is 0.200 e. The Bertz CT molecular complexity index is 437. The highest BCUT2D eigenvalue weighted by molar-refractivity contribution is 5.31. The van der Waals surface area contributed by atoms with Crippen molar-refractivity contribution in [2.45, 2.75) is 38.5 Å². The summed E-state index contributed by atoms with van der Waals surface area (Å²) < 4.78 is 33.1. The topological polar surface area (TPSA) is 9.23 Å². The molecule has 0 heterocycles. The summed E-state index contributed by atoms with van der Waals surface area (Å²) >= 11 is 0. The molecule has 0 aromatic heterocycles. The molecular weight excluding hydrogens is 246 g/mol. The third kappa shape index (κ3) is 3.55. The van der Waals surface area contributed by atoms with Crippen LogP contribution in [0.5, 0.6) is 5.75 Å². The molecule has 0 amide bonds. The van der Waals surface area contributed by atoms with Gasteiger partial charge in [0.1, 0.15) is 0 Å². The lowest BCUT2D eigenvalue weighted by Crippen LogP contribution is -2.10. The van der Waals surface area contributed by atoms with E-state index in [2.05, 4.69) is 6.58 Å². The van der Waals surface area contributed by atoms with Crippen LogP contribution in [-0.4, -0.2) is 6.61 Å². The predicted molar refractivity (Wildman–Crippen MR) is 72.3 cm³/mol. The molecule has 19 heavy (non-hydrogen) atoms. The Kier molecular flexibility index (Phi) is 4.94. The summed E-state index contributed by atoms with van der Waals surface area (Å²) in [4.78, 5) is 0. The second kappa shape index (κ2) is 6.69. The van der Waals surface area contributed by atoms with Crippen molar-refractivity contribution in [1.82, 2.24) is 0 Å². The SMILES string of the molecule is C=CCCc1ccc(OCC2CCCC2)c(F)c1F. The van der Waals surface area contributed by atoms with Crippen LogP contribution in [0.15, 0.2) is 24.8 Å². The van der Waals surface area contributed by atoms with Gasteiger partial charge in [-0.3, -0.25) is 0 Å². The number of aryl methyl sites for hydroxylation is 1. The van der Waals surface area contributed by atoms with Gasteiger partial charge in [-0.2, -0.15) is 4.39 Å². The monoisotopic (exact) mass is 266 g/mol. The molecule has 0 atom stereocenters. The molecule has 0 radical (unpaired) electrons. The number of halogens is 2. The zero-order valence-electron chi connectivity index (χ0n) is 11.1. The Morgan fingerprint density at radius 2 is 1.95 bits per heavy atom. The Morgan fingerprint density at radius 1 is 1.21 bits per heavy atom. The molecule has 1 fully saturated rings. The summed E-state index contributed by atoms with van der Waals surface area (Å²) in [6.07, 6.45) is 7.48. The van der Waals surface area contributed by atoms with Crippen LogP contribution in [0.3, 0.4) is 0 Å². The van der Waals surface area contributed by atoms with Gasteiger partial charge >= 0.3 is 0 Å². The fourth-order valence-electron chi connectivity index (χ4n) is 2.52. The van der Waals surface area contributed by atoms with E-state index in [0.717, 1.165) is 12.8 Å². The van der Waals surface area contributed by atoms with Gasteiger partial charge in [-0.15, -0.1) is 6.58 Å². The van der Waals surface area contributed by atoms with Gasteiger partial charge < -0.3 is 4.74 Å². The van der Waals surface area contributed by atoms with Crippen LogP contribution in [0.2, 0.25) is 0 Å². The van der Waals surface area contributed by atoms with Crippen LogP contribution in [0, 0.1) is 17.6 Å². The summed E-state index contributed by atoms with van der Waals surface area (Å²) in [7, 11) is 0. The van der Waals surface area contributed by atoms with Crippen LogP contribution in [-0.2, 0) is 6.42 Å². The Labute approximate surface area is 113 Å². The lowest BCUT2D eigenvalue weighted by atomic mass is 10.1. The lowest BCUT2D eigenvalue weighted by Gasteiger charge is -2.13. The van der Waals surface area contributed by atoms with Crippen molar-refractivity contribution in [3.8, 4) is 5.75 Å². The van der Waals surface area contributed by atoms with E-state index in [0.29, 0.717) is 30.9 Å². The smallest absolute Gasteiger partial charge is 0.200 e. The highest BCUT2D eigenvalue weighted by Crippen LogP contribution is 2.28. The van der Waals surface area contributed by atoms with E-state index >= 15 is 0 Å². The molecule has 1 nitrogen and oxygen atoms in total. The largest absolute Gasteiger partial charge is 0.490 e. The summed E-state index contributed by atoms with van der Waals surface area (Å²) in [5.41, 5.74) is 0.380. The van der Waals surface area contributed by atoms with Crippen LogP contribution in [0.4, 0.5) is 8.78 Å². The van der Waals surface area contributed by atoms with Gasteiger partial charge in [0, 0.05) is 0 Å². The van der Waals surface area contributed by atoms with Crippen LogP contribution in [0.25, 0.3) is 0 Å². The number of hydrogen-bond acceptors (Lipinski definition) is 1. The highest BCUT2D eigenvalue weighted by Gasteiger charge is 2.18. The first-order valence-electron chi connectivity index (χ1n) is 6.93. The van der Waals surface area contributed by atoms with Crippen molar-refractivity contribution in [3.63, 3.8) is 0 Å². The maximum absolute atomic E-state index is 13.8. The second-order valence-corrected chi connectivity index (χ2v) is 5.14. The molecule has 1 aromatic carbocycles. The first-order valence-corrected chi connectivity index (χ1v) is 6.93. The molecule has 3 heteroatoms. The molecular formula is C16H20F2O. The normalized spacial score (nSPS) is 15.7. The predicted octanol–water partition coefficient (Wildman–Crippen LogP) is 4.65. The summed E-state index contributed by atoms with van der Waals surface area (Å²) in [6.45, 7) is 4.07. The number of ether oxygens (including phenoxy) is 1. The van der Waals surface area contributed by atoms with Gasteiger partial charge in [0.05, 0.1) is 6.61 Å². The quantitative estimate of drug-likeness (QED) is 0.681. The highest BCUT2D eigenvalue weighted by atomic mass is 19.2. The molecule has 1 aliphatic carbocycles. The van der Waals surface area contributed by atoms with Gasteiger partial charge in [0.25, 0.3) is 0 Å². The van der Waals surface area contributed by atoms with E-state index in [1.165, 1.54) is 18.9 Å². The minimum Gasteiger partial charge on any atom is -0.490 e. The first kappa shape index (κ1) is 14.0. The number of hydrogen-bond donors (Lipinski definition) is 0. The zero-order valence-corrected chi connectivity index (χ0v) is 11.1. The molecule has 0 N–H and O–H groups in total. The molecule has 0 saturated heterocycles. The molecule has 1 aliphatic rings. The van der Waals surface area contributed by atoms with Crippen molar-refractivity contribution in [2.24, 2.45) is 5.92 Å². The minimum absolute atomic E-state index is 0.0340. The molecule has 0 spiro atoms.